The van der Waals surface area contributed by atoms with Crippen LogP contribution in [0, 0.1) is 6.92 Å². The van der Waals surface area contributed by atoms with Crippen LogP contribution in [0.3, 0.4) is 0 Å². The summed E-state index contributed by atoms with van der Waals surface area (Å²) in [6, 6.07) is 10.8. The van der Waals surface area contributed by atoms with Crippen LogP contribution in [0.1, 0.15) is 5.56 Å². The first-order valence-electron chi connectivity index (χ1n) is 6.20. The number of aryl methyl sites for hydroxylation is 1. The number of halogens is 2. The molecule has 6 heteroatoms. The van der Waals surface area contributed by atoms with E-state index in [1.165, 1.54) is 11.8 Å². The molecule has 0 heterocycles. The van der Waals surface area contributed by atoms with Gasteiger partial charge in [-0.1, -0.05) is 35.3 Å². The summed E-state index contributed by atoms with van der Waals surface area (Å²) in [4.78, 5) is 12.9. The van der Waals surface area contributed by atoms with Crippen molar-refractivity contribution in [2.24, 2.45) is 0 Å². The number of rotatable bonds is 4. The van der Waals surface area contributed by atoms with Crippen LogP contribution in [0.5, 0.6) is 0 Å². The molecule has 21 heavy (non-hydrogen) atoms. The summed E-state index contributed by atoms with van der Waals surface area (Å²) >= 11 is 13.2. The van der Waals surface area contributed by atoms with Crippen LogP contribution in [-0.2, 0) is 4.79 Å². The summed E-state index contributed by atoms with van der Waals surface area (Å²) in [5, 5.41) is 3.81. The number of para-hydroxylation sites is 1. The third-order valence-corrected chi connectivity index (χ3v) is 4.56. The normalized spacial score (nSPS) is 10.4. The van der Waals surface area contributed by atoms with E-state index < -0.39 is 0 Å². The quantitative estimate of drug-likeness (QED) is 0.630. The maximum absolute atomic E-state index is 12.0. The highest BCUT2D eigenvalue weighted by atomic mass is 35.5. The van der Waals surface area contributed by atoms with Gasteiger partial charge in [-0.05, 0) is 36.8 Å². The van der Waals surface area contributed by atoms with Crippen molar-refractivity contribution in [3.63, 3.8) is 0 Å². The summed E-state index contributed by atoms with van der Waals surface area (Å²) in [7, 11) is 0. The number of amides is 1. The lowest BCUT2D eigenvalue weighted by molar-refractivity contribution is -0.113. The van der Waals surface area contributed by atoms with E-state index in [0.717, 1.165) is 10.5 Å². The molecule has 0 atom stereocenters. The van der Waals surface area contributed by atoms with E-state index in [-0.39, 0.29) is 11.7 Å². The lowest BCUT2D eigenvalue weighted by Gasteiger charge is -2.11. The van der Waals surface area contributed by atoms with Crippen molar-refractivity contribution in [2.75, 3.05) is 16.8 Å². The van der Waals surface area contributed by atoms with Crippen LogP contribution in [0.15, 0.2) is 41.3 Å². The second-order valence-electron chi connectivity index (χ2n) is 4.45. The molecule has 3 nitrogen and oxygen atoms in total. The minimum absolute atomic E-state index is 0.118. The molecule has 0 saturated heterocycles. The van der Waals surface area contributed by atoms with E-state index in [0.29, 0.717) is 21.4 Å². The molecule has 0 unspecified atom stereocenters. The van der Waals surface area contributed by atoms with Crippen LogP contribution in [0.2, 0.25) is 10.0 Å². The number of hydrogen-bond donors (Lipinski definition) is 2. The Balaban J connectivity index is 1.97. The number of hydrogen-bond acceptors (Lipinski definition) is 3. The van der Waals surface area contributed by atoms with Gasteiger partial charge in [0.2, 0.25) is 5.91 Å². The van der Waals surface area contributed by atoms with Gasteiger partial charge in [0.25, 0.3) is 0 Å². The molecule has 0 radical (unpaired) electrons. The Kier molecular flexibility index (Phi) is 5.39. The molecule has 2 aromatic rings. The summed E-state index contributed by atoms with van der Waals surface area (Å²) < 4.78 is 0. The van der Waals surface area contributed by atoms with Gasteiger partial charge in [-0.3, -0.25) is 4.79 Å². The van der Waals surface area contributed by atoms with Crippen molar-refractivity contribution < 1.29 is 4.79 Å². The predicted octanol–water partition coefficient (Wildman–Crippen LogP) is 4.61. The summed E-state index contributed by atoms with van der Waals surface area (Å²) in [5.74, 6) is 0.151. The smallest absolute Gasteiger partial charge is 0.234 e. The van der Waals surface area contributed by atoms with Crippen LogP contribution < -0.4 is 11.1 Å². The average molecular weight is 341 g/mol. The Morgan fingerprint density at radius 1 is 1.24 bits per heavy atom. The minimum atomic E-state index is -0.118. The maximum Gasteiger partial charge on any atom is 0.234 e. The van der Waals surface area contributed by atoms with Crippen LogP contribution >= 0.6 is 35.0 Å². The van der Waals surface area contributed by atoms with Gasteiger partial charge in [-0.25, -0.2) is 0 Å². The number of nitrogens with two attached hydrogens (primary N) is 1. The molecule has 2 rings (SSSR count). The van der Waals surface area contributed by atoms with Crippen molar-refractivity contribution in [3.05, 3.63) is 52.0 Å². The molecule has 3 N–H and O–H groups in total. The van der Waals surface area contributed by atoms with Gasteiger partial charge in [0.1, 0.15) is 0 Å². The zero-order valence-electron chi connectivity index (χ0n) is 11.3. The van der Waals surface area contributed by atoms with Crippen molar-refractivity contribution in [1.29, 1.82) is 0 Å². The largest absolute Gasteiger partial charge is 0.397 e. The van der Waals surface area contributed by atoms with Gasteiger partial charge in [0.15, 0.2) is 0 Å². The molecule has 0 aromatic heterocycles. The first kappa shape index (κ1) is 16.0. The molecule has 0 aliphatic heterocycles. The van der Waals surface area contributed by atoms with Crippen molar-refractivity contribution in [3.8, 4) is 0 Å². The van der Waals surface area contributed by atoms with Gasteiger partial charge < -0.3 is 11.1 Å². The number of carbonyl (C=O) groups is 1. The zero-order valence-corrected chi connectivity index (χ0v) is 13.6. The molecule has 0 saturated carbocycles. The molecule has 110 valence electrons. The van der Waals surface area contributed by atoms with Crippen molar-refractivity contribution in [2.45, 2.75) is 11.8 Å². The topological polar surface area (TPSA) is 55.1 Å². The van der Waals surface area contributed by atoms with Crippen molar-refractivity contribution >= 4 is 52.2 Å². The maximum atomic E-state index is 12.0. The van der Waals surface area contributed by atoms with Crippen LogP contribution in [0.25, 0.3) is 0 Å². The fourth-order valence-electron chi connectivity index (χ4n) is 1.75. The molecular weight excluding hydrogens is 327 g/mol. The SMILES string of the molecule is Cc1cccc(N)c1NC(=O)CSc1ccc(Cl)c(Cl)c1. The van der Waals surface area contributed by atoms with Gasteiger partial charge in [0.05, 0.1) is 27.2 Å². The Labute approximate surface area is 137 Å². The molecule has 0 aliphatic rings. The van der Waals surface area contributed by atoms with E-state index in [4.69, 9.17) is 28.9 Å². The van der Waals surface area contributed by atoms with E-state index in [9.17, 15) is 4.79 Å². The molecule has 1 amide bonds. The molecule has 0 bridgehead atoms. The van der Waals surface area contributed by atoms with Crippen LogP contribution in [-0.4, -0.2) is 11.7 Å². The first-order valence-corrected chi connectivity index (χ1v) is 7.94. The third-order valence-electron chi connectivity index (χ3n) is 2.83. The lowest BCUT2D eigenvalue weighted by atomic mass is 10.1. The molecule has 0 fully saturated rings. The Hall–Kier alpha value is -1.36. The molecule has 2 aromatic carbocycles. The number of carbonyl (C=O) groups excluding carboxylic acids is 1. The highest BCUT2D eigenvalue weighted by Crippen LogP contribution is 2.28. The molecular formula is C15H14Cl2N2OS. The standard InChI is InChI=1S/C15H14Cl2N2OS/c1-9-3-2-4-13(18)15(9)19-14(20)8-21-10-5-6-11(16)12(17)7-10/h2-7H,8,18H2,1H3,(H,19,20). The summed E-state index contributed by atoms with van der Waals surface area (Å²) in [6.45, 7) is 1.90. The van der Waals surface area contributed by atoms with Gasteiger partial charge in [-0.15, -0.1) is 11.8 Å². The monoisotopic (exact) mass is 340 g/mol. The third kappa shape index (κ3) is 4.30. The predicted molar refractivity (Wildman–Crippen MR) is 91.4 cm³/mol. The highest BCUT2D eigenvalue weighted by Gasteiger charge is 2.09. The van der Waals surface area contributed by atoms with Gasteiger partial charge in [-0.2, -0.15) is 0 Å². The fraction of sp³-hybridized carbons (Fsp3) is 0.133. The summed E-state index contributed by atoms with van der Waals surface area (Å²) in [6.07, 6.45) is 0. The average Bonchev–Trinajstić information content (AvgIpc) is 2.44. The first-order chi connectivity index (χ1) is 9.97. The zero-order chi connectivity index (χ0) is 15.4. The van der Waals surface area contributed by atoms with Crippen LogP contribution in [0.4, 0.5) is 11.4 Å². The van der Waals surface area contributed by atoms with Gasteiger partial charge >= 0.3 is 0 Å². The van der Waals surface area contributed by atoms with E-state index >= 15 is 0 Å². The molecule has 0 aliphatic carbocycles. The fourth-order valence-corrected chi connectivity index (χ4v) is 2.85. The van der Waals surface area contributed by atoms with E-state index in [1.807, 2.05) is 25.1 Å². The number of thioether (sulfide) groups is 1. The summed E-state index contributed by atoms with van der Waals surface area (Å²) in [5.41, 5.74) is 8.02. The second-order valence-corrected chi connectivity index (χ2v) is 6.32. The van der Waals surface area contributed by atoms with Gasteiger partial charge in [0, 0.05) is 4.90 Å². The minimum Gasteiger partial charge on any atom is -0.397 e. The Bertz CT molecular complexity index is 656. The molecule has 0 spiro atoms. The number of benzene rings is 2. The lowest BCUT2D eigenvalue weighted by Crippen LogP contribution is -2.16. The highest BCUT2D eigenvalue weighted by molar-refractivity contribution is 8.00. The van der Waals surface area contributed by atoms with E-state index in [2.05, 4.69) is 5.32 Å². The van der Waals surface area contributed by atoms with Crippen molar-refractivity contribution in [1.82, 2.24) is 0 Å². The number of nitrogens with one attached hydrogen (secondary N) is 1. The van der Waals surface area contributed by atoms with E-state index in [1.54, 1.807) is 18.2 Å². The Morgan fingerprint density at radius 2 is 2.00 bits per heavy atom. The number of nitrogen functional groups attached to an aromatic ring is 1. The second kappa shape index (κ2) is 7.07. The number of anilines is 2. The Morgan fingerprint density at radius 3 is 2.67 bits per heavy atom.